The summed E-state index contributed by atoms with van der Waals surface area (Å²) in [6.07, 6.45) is 7.90. The number of nitrogens with two attached hydrogens (primary N) is 4. The number of carbonyl (C=O) groups excluding carboxylic acids is 8. The van der Waals surface area contributed by atoms with Gasteiger partial charge >= 0.3 is 0 Å². The predicted molar refractivity (Wildman–Crippen MR) is 445 cm³/mol. The molecule has 40 heteroatoms. The molecule has 0 saturated carbocycles. The largest absolute Gasteiger partial charge is 0.494 e. The van der Waals surface area contributed by atoms with Gasteiger partial charge < -0.3 is 80.4 Å². The third-order valence-electron chi connectivity index (χ3n) is 18.9. The fourth-order valence-electron chi connectivity index (χ4n) is 13.4. The van der Waals surface area contributed by atoms with E-state index in [2.05, 4.69) is 66.9 Å². The molecule has 0 radical (unpaired) electrons. The summed E-state index contributed by atoms with van der Waals surface area (Å²) in [5.74, 6) is -2.75. The van der Waals surface area contributed by atoms with Crippen LogP contribution in [-0.2, 0) is 57.1 Å². The van der Waals surface area contributed by atoms with E-state index in [0.717, 1.165) is 26.3 Å². The molecule has 12 aromatic rings. The van der Waals surface area contributed by atoms with Crippen LogP contribution in [0.15, 0.2) is 97.1 Å². The van der Waals surface area contributed by atoms with Gasteiger partial charge in [-0.2, -0.15) is 20.4 Å². The fourth-order valence-corrected chi connectivity index (χ4v) is 13.4. The van der Waals surface area contributed by atoms with Crippen LogP contribution in [0.4, 0.5) is 23.8 Å². The Morgan fingerprint density at radius 2 is 0.658 bits per heavy atom. The van der Waals surface area contributed by atoms with Gasteiger partial charge in [0.2, 0.25) is 47.4 Å². The molecule has 120 heavy (non-hydrogen) atoms. The molecule has 4 aromatic carbocycles. The zero-order chi connectivity index (χ0) is 86.2. The quantitative estimate of drug-likeness (QED) is 0.0164. The predicted octanol–water partition coefficient (Wildman–Crippen LogP) is 5.93. The first-order chi connectivity index (χ1) is 57.7. The smallest absolute Gasteiger partial charge is 0.276 e. The Kier molecular flexibility index (Phi) is 28.3. The van der Waals surface area contributed by atoms with Crippen molar-refractivity contribution in [1.82, 2.24) is 82.6 Å². The van der Waals surface area contributed by atoms with Crippen molar-refractivity contribution in [2.24, 2.45) is 22.9 Å². The number of hydrogen-bond donors (Lipinski definition) is 11. The number of methoxy groups -OCH3 is 2. The third-order valence-corrected chi connectivity index (χ3v) is 18.9. The summed E-state index contributed by atoms with van der Waals surface area (Å²) in [5, 5.41) is 51.1. The summed E-state index contributed by atoms with van der Waals surface area (Å²) in [6, 6.07) is 18.8. The molecule has 632 valence electrons. The molecule has 13 rings (SSSR count). The van der Waals surface area contributed by atoms with Crippen LogP contribution >= 0.6 is 0 Å². The maximum atomic E-state index is 13.6. The van der Waals surface area contributed by atoms with Gasteiger partial charge in [0.15, 0.2) is 0 Å². The lowest BCUT2D eigenvalue weighted by molar-refractivity contribution is 0.0991. The Bertz CT molecular complexity index is 5540. The molecule has 9 heterocycles. The van der Waals surface area contributed by atoms with Gasteiger partial charge in [-0.05, 0) is 128 Å². The van der Waals surface area contributed by atoms with Crippen LogP contribution in [0.3, 0.4) is 0 Å². The van der Waals surface area contributed by atoms with E-state index in [0.29, 0.717) is 140 Å². The molecule has 15 N–H and O–H groups in total. The number of ether oxygens (including phenoxy) is 5. The molecule has 1 aliphatic rings. The van der Waals surface area contributed by atoms with Crippen LogP contribution in [0, 0.1) is 27.7 Å². The molecule has 0 spiro atoms. The van der Waals surface area contributed by atoms with Crippen molar-refractivity contribution in [2.45, 2.75) is 121 Å². The summed E-state index contributed by atoms with van der Waals surface area (Å²) < 4.78 is 41.6. The molecule has 1 saturated heterocycles. The Hall–Kier alpha value is -14.1. The Balaban J connectivity index is 0.000000219. The number of aryl methyl sites for hydroxylation is 8. The summed E-state index contributed by atoms with van der Waals surface area (Å²) in [6.45, 7) is 21.0. The molecular formula is C80H97N25O15. The highest BCUT2D eigenvalue weighted by atomic mass is 16.5. The standard InChI is InChI=1S/2C38H44N12O7.C4H9NO/c2*1-6-49-27(15-21(3)45-49)35(54)43-37-41-25-17-23(33(39)52)19-29(56-5)31(25)47(37)11-8-9-12-48-32-26(18-24(34(40)53)20-30(32)57-14-10-13-51)42-38(48)44-36(55)28-16-22(4)46-50(28)7-2;1-3-6-4-2-5-1/h2*8-9,15-20,51H,6-7,10-14H2,1-5H3,(H2,39,52)(H2,40,53)(H,41,43,54)(H,42,44,55);5H,1-4H2/b2*9-8+;. The lowest BCUT2D eigenvalue weighted by atomic mass is 10.1. The second kappa shape index (κ2) is 39.2. The van der Waals surface area contributed by atoms with Crippen LogP contribution in [0.5, 0.6) is 23.0 Å². The summed E-state index contributed by atoms with van der Waals surface area (Å²) in [7, 11) is 2.90. The highest BCUT2D eigenvalue weighted by molar-refractivity contribution is 6.08. The number of hydrogen-bond acceptors (Lipinski definition) is 24. The van der Waals surface area contributed by atoms with E-state index in [1.165, 1.54) is 62.8 Å². The van der Waals surface area contributed by atoms with E-state index in [9.17, 15) is 48.6 Å². The summed E-state index contributed by atoms with van der Waals surface area (Å²) in [5.41, 5.74) is 30.4. The average Bonchev–Trinajstić information content (AvgIpc) is 1.62. The monoisotopic (exact) mass is 1650 g/mol. The zero-order valence-electron chi connectivity index (χ0n) is 68.1. The van der Waals surface area contributed by atoms with Crippen LogP contribution in [0.2, 0.25) is 0 Å². The molecule has 8 amide bonds. The average molecular weight is 1650 g/mol. The van der Waals surface area contributed by atoms with Crippen molar-refractivity contribution in [3.05, 3.63) is 165 Å². The fraction of sp³-hybridized carbons (Fsp3) is 0.350. The SMILES string of the molecule is C1COCCN1.CCn1nc(C)cc1C(=O)Nc1nc2cc(C(N)=O)cc(OC)c2n1C/C=C/Cn1c(NC(=O)c2cc(C)nn2CC)nc2cc(C(N)=O)cc(OCCCO)c21.CCn1nc(C)cc1C(=O)Nc1nc2cc(C(N)=O)cc(OC)c2n1C/C=C/Cn1c(NC(=O)c2cc(C)nn2CC)nc2cc(C(N)=O)cc(OCCCO)c21. The number of nitrogens with one attached hydrogen (secondary N) is 5. The lowest BCUT2D eigenvalue weighted by Crippen LogP contribution is -2.30. The number of primary amides is 4. The van der Waals surface area contributed by atoms with Crippen molar-refractivity contribution in [3.63, 3.8) is 0 Å². The number of fused-ring (bicyclic) bond motifs is 4. The minimum atomic E-state index is -0.700. The number of aliphatic hydroxyl groups is 2. The van der Waals surface area contributed by atoms with E-state index in [-0.39, 0.29) is 110 Å². The topological polar surface area (TPSA) is 530 Å². The maximum absolute atomic E-state index is 13.6. The Labute approximate surface area is 686 Å². The number of rotatable bonds is 34. The van der Waals surface area contributed by atoms with Gasteiger partial charge in [-0.25, -0.2) is 19.9 Å². The van der Waals surface area contributed by atoms with E-state index in [1.54, 1.807) is 89.0 Å². The van der Waals surface area contributed by atoms with Crippen molar-refractivity contribution in [1.29, 1.82) is 0 Å². The van der Waals surface area contributed by atoms with Crippen LogP contribution in [0.1, 0.15) is 147 Å². The molecule has 0 atom stereocenters. The number of carbonyl (C=O) groups is 8. The number of amides is 8. The van der Waals surface area contributed by atoms with Gasteiger partial charge in [0.05, 0.1) is 85.5 Å². The highest BCUT2D eigenvalue weighted by Crippen LogP contribution is 2.37. The van der Waals surface area contributed by atoms with Gasteiger partial charge in [0, 0.05) is 114 Å². The first-order valence-electron chi connectivity index (χ1n) is 38.7. The molecule has 0 aliphatic carbocycles. The number of aromatic nitrogens is 16. The van der Waals surface area contributed by atoms with Crippen molar-refractivity contribution in [3.8, 4) is 23.0 Å². The van der Waals surface area contributed by atoms with Gasteiger partial charge in [-0.1, -0.05) is 24.3 Å². The van der Waals surface area contributed by atoms with E-state index < -0.39 is 47.3 Å². The van der Waals surface area contributed by atoms with Crippen LogP contribution in [-0.4, -0.2) is 202 Å². The third kappa shape index (κ3) is 19.8. The second-order valence-electron chi connectivity index (χ2n) is 27.3. The highest BCUT2D eigenvalue weighted by Gasteiger charge is 2.28. The van der Waals surface area contributed by atoms with Crippen molar-refractivity contribution >= 4 is 115 Å². The van der Waals surface area contributed by atoms with Gasteiger partial charge in [-0.3, -0.25) is 78.4 Å². The van der Waals surface area contributed by atoms with Gasteiger partial charge in [0.1, 0.15) is 67.8 Å². The number of imidazole rings is 4. The summed E-state index contributed by atoms with van der Waals surface area (Å²) in [4.78, 5) is 122. The lowest BCUT2D eigenvalue weighted by Gasteiger charge is -2.13. The van der Waals surface area contributed by atoms with E-state index in [4.69, 9.17) is 46.6 Å². The molecule has 1 fully saturated rings. The van der Waals surface area contributed by atoms with Crippen molar-refractivity contribution < 1.29 is 72.3 Å². The minimum Gasteiger partial charge on any atom is -0.494 e. The van der Waals surface area contributed by atoms with E-state index >= 15 is 0 Å². The number of morpholine rings is 1. The molecule has 0 unspecified atom stereocenters. The zero-order valence-corrected chi connectivity index (χ0v) is 68.1. The number of anilines is 4. The minimum absolute atomic E-state index is 0.117. The molecular weight excluding hydrogens is 1550 g/mol. The number of nitrogens with zero attached hydrogens (tertiary/aromatic N) is 16. The molecule has 8 aromatic heterocycles. The number of aliphatic hydroxyl groups excluding tert-OH is 2. The maximum Gasteiger partial charge on any atom is 0.276 e. The van der Waals surface area contributed by atoms with Crippen molar-refractivity contribution in [2.75, 3.05) is 88.2 Å². The number of benzene rings is 4. The molecule has 40 nitrogen and oxygen atoms in total. The molecule has 1 aliphatic heterocycles. The van der Waals surface area contributed by atoms with E-state index in [1.807, 2.05) is 52.0 Å². The summed E-state index contributed by atoms with van der Waals surface area (Å²) >= 11 is 0. The molecule has 0 bridgehead atoms. The first-order valence-corrected chi connectivity index (χ1v) is 38.7. The Morgan fingerprint density at radius 1 is 0.408 bits per heavy atom. The van der Waals surface area contributed by atoms with Gasteiger partial charge in [-0.15, -0.1) is 0 Å². The van der Waals surface area contributed by atoms with Crippen LogP contribution in [0.25, 0.3) is 44.1 Å². The van der Waals surface area contributed by atoms with Crippen LogP contribution < -0.4 is 68.5 Å². The number of allylic oxidation sites excluding steroid dienone is 4. The first kappa shape index (κ1) is 86.7. The Morgan fingerprint density at radius 3 is 0.867 bits per heavy atom. The normalized spacial score (nSPS) is 12.1. The van der Waals surface area contributed by atoms with Gasteiger partial charge in [0.25, 0.3) is 23.6 Å². The second-order valence-corrected chi connectivity index (χ2v) is 27.3.